The average Bonchev–Trinajstić information content (AvgIpc) is 0.717. The maximum Gasteiger partial charge on any atom is 0.252 e. The molecular formula is C122H100BN3S4. The van der Waals surface area contributed by atoms with Crippen LogP contribution in [0.3, 0.4) is 0 Å². The monoisotopic (exact) mass is 1750 g/mol. The van der Waals surface area contributed by atoms with Gasteiger partial charge in [-0.3, -0.25) is 0 Å². The van der Waals surface area contributed by atoms with Gasteiger partial charge in [0.1, 0.15) is 0 Å². The highest BCUT2D eigenvalue weighted by atomic mass is 32.1. The van der Waals surface area contributed by atoms with Crippen LogP contribution < -0.4 is 27.0 Å². The van der Waals surface area contributed by atoms with Gasteiger partial charge < -0.3 is 15.2 Å². The van der Waals surface area contributed by atoms with Crippen molar-refractivity contribution in [2.24, 2.45) is 0 Å². The SMILES string of the molecule is CC(C)(C)c1cc(-c2cc3c(c(-c4c(-c5ccc6c(c5)sc5ccccc56)cccc4-c4ccc5c(c4)sc4ccccc45)c2)Nc2cc(-n4c5ccccc5c5cc(C(C)(C)C)ccc54)cc4c2B3c2cc(-c3cc(C(C)(C)C)cc(C(C)(C)C)c3)cc(-c3c(-c5ccc6c(c5)sc5ccccc56)cccc3-c3ccc5c(c3)sc3ccccc35)c2N4)cc(C(C)(C)C)c1. The van der Waals surface area contributed by atoms with E-state index >= 15 is 0 Å². The van der Waals surface area contributed by atoms with Crippen molar-refractivity contribution < 1.29 is 0 Å². The topological polar surface area (TPSA) is 29.0 Å². The highest BCUT2D eigenvalue weighted by molar-refractivity contribution is 7.27. The second kappa shape index (κ2) is 29.3. The molecule has 0 unspecified atom stereocenters. The van der Waals surface area contributed by atoms with E-state index in [0.717, 1.165) is 50.6 Å². The molecule has 8 heteroatoms. The molecule has 0 amide bonds. The van der Waals surface area contributed by atoms with Gasteiger partial charge in [-0.25, -0.2) is 0 Å². The first kappa shape index (κ1) is 80.4. The molecule has 3 nitrogen and oxygen atoms in total. The Balaban J connectivity index is 0.869. The van der Waals surface area contributed by atoms with Crippen LogP contribution in [-0.2, 0) is 27.1 Å². The molecule has 2 aliphatic rings. The maximum absolute atomic E-state index is 4.61. The molecule has 630 valence electrons. The van der Waals surface area contributed by atoms with Crippen LogP contribution in [-0.4, -0.2) is 11.3 Å². The summed E-state index contributed by atoms with van der Waals surface area (Å²) in [5.41, 5.74) is 35.8. The lowest BCUT2D eigenvalue weighted by Crippen LogP contribution is -2.59. The van der Waals surface area contributed by atoms with Gasteiger partial charge >= 0.3 is 0 Å². The number of para-hydroxylation sites is 1. The van der Waals surface area contributed by atoms with E-state index in [4.69, 9.17) is 0 Å². The molecule has 2 N–H and O–H groups in total. The summed E-state index contributed by atoms with van der Waals surface area (Å²) in [6, 6.07) is 126. The van der Waals surface area contributed by atoms with Gasteiger partial charge in [0, 0.05) is 125 Å². The largest absolute Gasteiger partial charge is 0.356 e. The Bertz CT molecular complexity index is 7830. The first-order valence-corrected chi connectivity index (χ1v) is 49.2. The molecule has 0 bridgehead atoms. The molecule has 24 rings (SSSR count). The molecule has 17 aromatic carbocycles. The van der Waals surface area contributed by atoms with Gasteiger partial charge in [-0.15, -0.1) is 45.3 Å². The molecular weight excluding hydrogens is 1650 g/mol. The van der Waals surface area contributed by atoms with E-state index in [1.165, 1.54) is 214 Å². The molecule has 2 aliphatic heterocycles. The summed E-state index contributed by atoms with van der Waals surface area (Å²) >= 11 is 7.56. The molecule has 0 fully saturated rings. The number of nitrogens with one attached hydrogen (secondary N) is 2. The number of thiophene rings is 4. The molecule has 130 heavy (non-hydrogen) atoms. The van der Waals surface area contributed by atoms with Crippen molar-refractivity contribution in [2.45, 2.75) is 131 Å². The Hall–Kier alpha value is -12.9. The Morgan fingerprint density at radius 1 is 0.223 bits per heavy atom. The van der Waals surface area contributed by atoms with Crippen molar-refractivity contribution in [3.05, 3.63) is 349 Å². The number of rotatable bonds is 9. The predicted octanol–water partition coefficient (Wildman–Crippen LogP) is 34.7. The van der Waals surface area contributed by atoms with Crippen LogP contribution in [0.25, 0.3) is 197 Å². The fraction of sp³-hybridized carbons (Fsp3) is 0.164. The summed E-state index contributed by atoms with van der Waals surface area (Å²) in [7, 11) is 0. The molecule has 22 aromatic rings. The molecule has 5 aromatic heterocycles. The molecule has 7 heterocycles. The lowest BCUT2D eigenvalue weighted by atomic mass is 9.33. The average molecular weight is 1750 g/mol. The zero-order chi connectivity index (χ0) is 88.7. The van der Waals surface area contributed by atoms with Crippen molar-refractivity contribution in [1.82, 2.24) is 4.57 Å². The van der Waals surface area contributed by atoms with Crippen molar-refractivity contribution in [3.8, 4) is 94.7 Å². The minimum atomic E-state index is -0.377. The van der Waals surface area contributed by atoms with E-state index in [9.17, 15) is 0 Å². The van der Waals surface area contributed by atoms with Gasteiger partial charge in [0.2, 0.25) is 0 Å². The van der Waals surface area contributed by atoms with E-state index < -0.39 is 0 Å². The number of hydrogen-bond donors (Lipinski definition) is 2. The van der Waals surface area contributed by atoms with Crippen molar-refractivity contribution in [1.29, 1.82) is 0 Å². The third-order valence-electron chi connectivity index (χ3n) is 28.2. The number of aromatic nitrogens is 1. The zero-order valence-corrected chi connectivity index (χ0v) is 79.5. The van der Waals surface area contributed by atoms with Crippen molar-refractivity contribution in [3.63, 3.8) is 0 Å². The number of hydrogen-bond acceptors (Lipinski definition) is 6. The van der Waals surface area contributed by atoms with E-state index in [2.05, 4.69) is 441 Å². The van der Waals surface area contributed by atoms with Gasteiger partial charge in [-0.1, -0.05) is 334 Å². The maximum atomic E-state index is 4.61. The molecule has 0 radical (unpaired) electrons. The van der Waals surface area contributed by atoms with Gasteiger partial charge in [-0.05, 0) is 240 Å². The summed E-state index contributed by atoms with van der Waals surface area (Å²) in [5, 5.41) is 22.0. The number of benzene rings is 17. The number of fused-ring (bicyclic) bond motifs is 19. The molecule has 0 aliphatic carbocycles. The fourth-order valence-corrected chi connectivity index (χ4v) is 25.7. The summed E-state index contributed by atoms with van der Waals surface area (Å²) in [6.07, 6.45) is 0. The lowest BCUT2D eigenvalue weighted by molar-refractivity contribution is 0.568. The van der Waals surface area contributed by atoms with Crippen LogP contribution in [0.1, 0.15) is 132 Å². The molecule has 0 spiro atoms. The summed E-state index contributed by atoms with van der Waals surface area (Å²) in [4.78, 5) is 0. The second-order valence-electron chi connectivity index (χ2n) is 41.7. The van der Waals surface area contributed by atoms with E-state index in [-0.39, 0.29) is 33.8 Å². The summed E-state index contributed by atoms with van der Waals surface area (Å²) in [5.74, 6) is 0. The minimum absolute atomic E-state index is 0.0783. The zero-order valence-electron chi connectivity index (χ0n) is 76.3. The Morgan fingerprint density at radius 3 is 0.877 bits per heavy atom. The molecule has 0 saturated heterocycles. The second-order valence-corrected chi connectivity index (χ2v) is 46.1. The molecule has 0 atom stereocenters. The third kappa shape index (κ3) is 13.2. The Morgan fingerprint density at radius 2 is 0.531 bits per heavy atom. The number of nitrogens with zero attached hydrogens (tertiary/aromatic N) is 1. The van der Waals surface area contributed by atoms with E-state index in [1.807, 2.05) is 45.3 Å². The molecule has 0 saturated carbocycles. The van der Waals surface area contributed by atoms with Crippen molar-refractivity contribution in [2.75, 3.05) is 10.6 Å². The van der Waals surface area contributed by atoms with Crippen LogP contribution >= 0.6 is 45.3 Å². The first-order chi connectivity index (χ1) is 62.5. The van der Waals surface area contributed by atoms with Crippen LogP contribution in [0.5, 0.6) is 0 Å². The summed E-state index contributed by atoms with van der Waals surface area (Å²) < 4.78 is 12.8. The standard InChI is InChI=1S/C122H100BN3S4/c1-118(2,3)77-46-51-104-96(66-77)87-28-16-21-37-103(87)126(104)82-67-101-115-102(68-82)125-117-98(114-85(71-44-49-94-90-31-19-24-40-107(90)129-111(94)62-71)35-27-36-86(114)72-45-50-95-91-32-20-25-41-108(91)130-112(95)63-72)57-76(74-54-80(121(10,11)12)65-81(55-74)122(13,14)15)59-100(117)123(115)99-58-75(73-52-78(119(4,5)6)64-79(53-73)120(7,8)9)56-97(116(99)124-101)113-83(69-42-47-92-88-29-17-22-38-105(88)127-109(92)60-69)33-26-34-84(113)70-43-48-93-89-30-18-23-39-106(89)128-110(93)61-70/h16-68,124-125H,1-15H3. The van der Waals surface area contributed by atoms with Crippen LogP contribution in [0.2, 0.25) is 0 Å². The summed E-state index contributed by atoms with van der Waals surface area (Å²) in [6.45, 7) is 35.3. The van der Waals surface area contributed by atoms with Crippen LogP contribution in [0, 0.1) is 0 Å². The van der Waals surface area contributed by atoms with E-state index in [1.54, 1.807) is 0 Å². The van der Waals surface area contributed by atoms with Crippen LogP contribution in [0.4, 0.5) is 22.7 Å². The minimum Gasteiger partial charge on any atom is -0.356 e. The van der Waals surface area contributed by atoms with Crippen molar-refractivity contribution >= 4 is 194 Å². The highest BCUT2D eigenvalue weighted by Gasteiger charge is 2.43. The quantitative estimate of drug-likeness (QED) is 0.141. The van der Waals surface area contributed by atoms with Gasteiger partial charge in [0.15, 0.2) is 0 Å². The van der Waals surface area contributed by atoms with Gasteiger partial charge in [0.05, 0.1) is 16.7 Å². The fourth-order valence-electron chi connectivity index (χ4n) is 21.1. The van der Waals surface area contributed by atoms with E-state index in [0.29, 0.717) is 0 Å². The highest BCUT2D eigenvalue weighted by Crippen LogP contribution is 2.54. The Labute approximate surface area is 777 Å². The number of anilines is 4. The third-order valence-corrected chi connectivity index (χ3v) is 32.7. The van der Waals surface area contributed by atoms with Crippen LogP contribution in [0.15, 0.2) is 322 Å². The van der Waals surface area contributed by atoms with Gasteiger partial charge in [0.25, 0.3) is 6.71 Å². The normalized spacial score (nSPS) is 13.1. The first-order valence-electron chi connectivity index (χ1n) is 45.9. The lowest BCUT2D eigenvalue weighted by Gasteiger charge is -2.38. The Kier molecular flexibility index (Phi) is 18.1. The smallest absolute Gasteiger partial charge is 0.252 e. The van der Waals surface area contributed by atoms with Gasteiger partial charge in [-0.2, -0.15) is 0 Å². The predicted molar refractivity (Wildman–Crippen MR) is 573 cm³/mol.